The first-order valence-corrected chi connectivity index (χ1v) is 12.5. The van der Waals surface area contributed by atoms with E-state index in [-0.39, 0.29) is 29.0 Å². The number of rotatable bonds is 8. The number of aromatic nitrogens is 3. The van der Waals surface area contributed by atoms with E-state index in [4.69, 9.17) is 10.6 Å². The molecular formula is C21H23N7O5S2. The minimum atomic E-state index is -1.44. The number of carbonyl (C=O) groups excluding carboxylic acids is 3. The first kappa shape index (κ1) is 24.6. The Hall–Kier alpha value is -3.52. The highest BCUT2D eigenvalue weighted by atomic mass is 32.2. The molecule has 0 bridgehead atoms. The predicted octanol–water partition coefficient (Wildman–Crippen LogP) is -1.13. The van der Waals surface area contributed by atoms with E-state index in [9.17, 15) is 19.5 Å². The summed E-state index contributed by atoms with van der Waals surface area (Å²) in [5.74, 6) is -2.39. The highest BCUT2D eigenvalue weighted by molar-refractivity contribution is 8.00. The molecule has 14 heteroatoms. The number of carboxylic acid groups (broad SMARTS) is 1. The van der Waals surface area contributed by atoms with Crippen LogP contribution >= 0.6 is 23.3 Å². The number of carboxylic acids is 1. The number of aliphatic carboxylic acids is 1. The van der Waals surface area contributed by atoms with Crippen LogP contribution in [0.3, 0.4) is 0 Å². The van der Waals surface area contributed by atoms with Gasteiger partial charge in [-0.25, -0.2) is 4.57 Å². The molecule has 2 aliphatic heterocycles. The Morgan fingerprint density at radius 2 is 2.09 bits per heavy atom. The van der Waals surface area contributed by atoms with Crippen molar-refractivity contribution in [2.45, 2.75) is 38.7 Å². The number of nitrogen functional groups attached to an aromatic ring is 1. The van der Waals surface area contributed by atoms with Gasteiger partial charge in [-0.1, -0.05) is 5.16 Å². The van der Waals surface area contributed by atoms with Gasteiger partial charge in [0.1, 0.15) is 18.0 Å². The summed E-state index contributed by atoms with van der Waals surface area (Å²) in [4.78, 5) is 48.0. The molecule has 2 aliphatic rings. The zero-order chi connectivity index (χ0) is 25.3. The maximum atomic E-state index is 13.0. The van der Waals surface area contributed by atoms with Crippen LogP contribution < -0.4 is 20.7 Å². The van der Waals surface area contributed by atoms with Gasteiger partial charge in [0, 0.05) is 34.0 Å². The maximum absolute atomic E-state index is 13.0. The van der Waals surface area contributed by atoms with Crippen molar-refractivity contribution in [3.63, 3.8) is 0 Å². The van der Waals surface area contributed by atoms with Crippen LogP contribution in [0.5, 0.6) is 0 Å². The van der Waals surface area contributed by atoms with Gasteiger partial charge in [0.05, 0.1) is 11.7 Å². The number of nitrogens with two attached hydrogens (primary N) is 1. The Labute approximate surface area is 209 Å². The van der Waals surface area contributed by atoms with Crippen LogP contribution in [0, 0.1) is 13.8 Å². The van der Waals surface area contributed by atoms with Crippen molar-refractivity contribution in [2.75, 3.05) is 18.1 Å². The molecule has 2 atom stereocenters. The van der Waals surface area contributed by atoms with Crippen LogP contribution in [0.15, 0.2) is 34.9 Å². The molecule has 2 aromatic rings. The van der Waals surface area contributed by atoms with Crippen molar-refractivity contribution >= 4 is 51.9 Å². The van der Waals surface area contributed by atoms with Crippen LogP contribution in [0.1, 0.15) is 23.9 Å². The summed E-state index contributed by atoms with van der Waals surface area (Å²) < 4.78 is 5.86. The van der Waals surface area contributed by atoms with Crippen LogP contribution in [-0.4, -0.2) is 61.5 Å². The van der Waals surface area contributed by atoms with Crippen molar-refractivity contribution in [3.05, 3.63) is 46.7 Å². The molecule has 4 heterocycles. The quantitative estimate of drug-likeness (QED) is 0.191. The number of thioether (sulfide) groups is 1. The Morgan fingerprint density at radius 3 is 2.69 bits per heavy atom. The zero-order valence-corrected chi connectivity index (χ0v) is 20.8. The highest BCUT2D eigenvalue weighted by Crippen LogP contribution is 2.40. The van der Waals surface area contributed by atoms with Gasteiger partial charge in [0.2, 0.25) is 11.5 Å². The first-order chi connectivity index (χ1) is 16.7. The number of nitrogens with zero attached hydrogens (tertiary/aromatic N) is 5. The third-order valence-electron chi connectivity index (χ3n) is 5.25. The van der Waals surface area contributed by atoms with E-state index in [1.807, 2.05) is 36.9 Å². The fraction of sp³-hybridized carbons (Fsp3) is 0.381. The molecule has 0 saturated carbocycles. The second-order valence-corrected chi connectivity index (χ2v) is 9.87. The van der Waals surface area contributed by atoms with Crippen LogP contribution in [0.2, 0.25) is 0 Å². The Bertz CT molecular complexity index is 1240. The second-order valence-electron chi connectivity index (χ2n) is 7.98. The molecule has 0 aliphatic carbocycles. The van der Waals surface area contributed by atoms with Crippen molar-refractivity contribution in [1.29, 1.82) is 0 Å². The van der Waals surface area contributed by atoms with Crippen molar-refractivity contribution in [1.82, 2.24) is 19.6 Å². The number of pyridine rings is 1. The van der Waals surface area contributed by atoms with Gasteiger partial charge in [0.15, 0.2) is 24.1 Å². The van der Waals surface area contributed by atoms with E-state index >= 15 is 0 Å². The van der Waals surface area contributed by atoms with Gasteiger partial charge >= 0.3 is 0 Å². The van der Waals surface area contributed by atoms with E-state index in [0.29, 0.717) is 17.9 Å². The van der Waals surface area contributed by atoms with Gasteiger partial charge in [-0.05, 0) is 26.8 Å². The highest BCUT2D eigenvalue weighted by Gasteiger charge is 2.53. The molecule has 184 valence electrons. The van der Waals surface area contributed by atoms with Crippen LogP contribution in [-0.2, 0) is 25.8 Å². The average molecular weight is 518 g/mol. The summed E-state index contributed by atoms with van der Waals surface area (Å²) in [6.45, 7) is 6.10. The number of hydrogen-bond donors (Lipinski definition) is 2. The SMILES string of the molecule is CCO/N=C(\C(=O)NC1C(=O)N2C(C(=O)[O-])=C(C[n+]3cc(C)cc(C)c3)CS[C@H]12)c1nsc(N)n1. The number of hydrogen-bond acceptors (Lipinski definition) is 11. The number of oxime groups is 1. The molecule has 3 N–H and O–H groups in total. The molecule has 4 rings (SSSR count). The van der Waals surface area contributed by atoms with E-state index < -0.39 is 29.2 Å². The first-order valence-electron chi connectivity index (χ1n) is 10.6. The topological polar surface area (TPSA) is 167 Å². The standard InChI is InChI=1S/C21H23N7O5S2/c1-4-33-25-13(16-24-21(22)35-26-16)17(29)23-14-18(30)28-15(20(31)32)12(9-34-19(14)28)8-27-6-10(2)5-11(3)7-27/h5-7,14,19H,4,8-9H2,1-3H3,(H3-,22,23,24,26,29,31,32)/b25-13-/t14?,19-/m1/s1. The lowest BCUT2D eigenvalue weighted by Gasteiger charge is -2.50. The Balaban J connectivity index is 1.54. The smallest absolute Gasteiger partial charge is 0.278 e. The van der Waals surface area contributed by atoms with Gasteiger partial charge in [0.25, 0.3) is 11.8 Å². The lowest BCUT2D eigenvalue weighted by atomic mass is 10.0. The predicted molar refractivity (Wildman–Crippen MR) is 126 cm³/mol. The average Bonchev–Trinajstić information content (AvgIpc) is 3.22. The largest absolute Gasteiger partial charge is 0.543 e. The number of nitrogens with one attached hydrogen (secondary N) is 1. The van der Waals surface area contributed by atoms with E-state index in [0.717, 1.165) is 22.7 Å². The monoisotopic (exact) mass is 517 g/mol. The molecule has 0 aromatic carbocycles. The molecule has 0 spiro atoms. The third-order valence-corrected chi connectivity index (χ3v) is 7.13. The molecule has 1 fully saturated rings. The van der Waals surface area contributed by atoms with Crippen LogP contribution in [0.25, 0.3) is 0 Å². The summed E-state index contributed by atoms with van der Waals surface area (Å²) >= 11 is 2.25. The molecular weight excluding hydrogens is 494 g/mol. The minimum absolute atomic E-state index is 0.0264. The normalized spacial score (nSPS) is 19.8. The Morgan fingerprint density at radius 1 is 1.37 bits per heavy atom. The van der Waals surface area contributed by atoms with E-state index in [1.165, 1.54) is 16.7 Å². The molecule has 1 saturated heterocycles. The number of anilines is 1. The number of fused-ring (bicyclic) bond motifs is 1. The van der Waals surface area contributed by atoms with Gasteiger partial charge in [-0.15, -0.1) is 11.8 Å². The van der Waals surface area contributed by atoms with Crippen molar-refractivity contribution < 1.29 is 28.9 Å². The van der Waals surface area contributed by atoms with E-state index in [2.05, 4.69) is 19.8 Å². The summed E-state index contributed by atoms with van der Waals surface area (Å²) in [6.07, 6.45) is 3.81. The fourth-order valence-electron chi connectivity index (χ4n) is 3.95. The summed E-state index contributed by atoms with van der Waals surface area (Å²) in [7, 11) is 0. The Kier molecular flexibility index (Phi) is 7.03. The molecule has 2 aromatic heterocycles. The van der Waals surface area contributed by atoms with Crippen molar-refractivity contribution in [2.24, 2.45) is 5.16 Å². The summed E-state index contributed by atoms with van der Waals surface area (Å²) in [5.41, 5.74) is 7.84. The summed E-state index contributed by atoms with van der Waals surface area (Å²) in [6, 6.07) is 1.06. The zero-order valence-electron chi connectivity index (χ0n) is 19.2. The number of aryl methyl sites for hydroxylation is 2. The van der Waals surface area contributed by atoms with Gasteiger partial charge < -0.3 is 25.8 Å². The maximum Gasteiger partial charge on any atom is 0.278 e. The van der Waals surface area contributed by atoms with Gasteiger partial charge in [-0.3, -0.25) is 14.5 Å². The number of carbonyl (C=O) groups is 3. The number of amides is 2. The molecule has 12 nitrogen and oxygen atoms in total. The lowest BCUT2D eigenvalue weighted by Crippen LogP contribution is -2.71. The van der Waals surface area contributed by atoms with Crippen molar-refractivity contribution in [3.8, 4) is 0 Å². The van der Waals surface area contributed by atoms with E-state index in [1.54, 1.807) is 6.92 Å². The fourth-order valence-corrected chi connectivity index (χ4v) is 5.72. The minimum Gasteiger partial charge on any atom is -0.543 e. The van der Waals surface area contributed by atoms with Gasteiger partial charge in [-0.2, -0.15) is 9.36 Å². The lowest BCUT2D eigenvalue weighted by molar-refractivity contribution is -0.689. The molecule has 1 unspecified atom stereocenters. The third kappa shape index (κ3) is 4.98. The summed E-state index contributed by atoms with van der Waals surface area (Å²) in [5, 5.41) is 17.9. The second kappa shape index (κ2) is 10.00. The molecule has 2 amide bonds. The number of β-lactam (4-membered cyclic amide) rings is 1. The molecule has 0 radical (unpaired) electrons. The van der Waals surface area contributed by atoms with Crippen LogP contribution in [0.4, 0.5) is 5.13 Å². The molecule has 35 heavy (non-hydrogen) atoms.